The van der Waals surface area contributed by atoms with E-state index in [0.29, 0.717) is 11.1 Å². The molecule has 1 unspecified atom stereocenters. The van der Waals surface area contributed by atoms with E-state index in [9.17, 15) is 22.8 Å². The topological polar surface area (TPSA) is 137 Å². The molecule has 5 rings (SSSR count). The van der Waals surface area contributed by atoms with E-state index in [0.717, 1.165) is 4.90 Å². The maximum Gasteiger partial charge on any atom is 0.331 e. The summed E-state index contributed by atoms with van der Waals surface area (Å²) in [5.41, 5.74) is 6.45. The third kappa shape index (κ3) is 3.79. The van der Waals surface area contributed by atoms with Crippen molar-refractivity contribution in [1.29, 1.82) is 0 Å². The molecule has 1 aromatic heterocycles. The lowest BCUT2D eigenvalue weighted by Crippen LogP contribution is -2.60. The Morgan fingerprint density at radius 3 is 2.00 bits per heavy atom. The molecule has 2 aliphatic heterocycles. The summed E-state index contributed by atoms with van der Waals surface area (Å²) in [6.07, 6.45) is 0.573. The molecule has 0 spiro atoms. The standard InChI is InChI=1S/C28H25N3O6S/c1-28(2)23(27(34)37-22(17-11-5-3-6-12-17)18-13-7-4-8-14-18)31-25(33)21(26(31)38(28,35)36)20(24(29)32)19-15-9-10-16-30-19/h3-16,22-23,26H,1-2H3,(H2,29,32)/b21-20+/t23-,26?/m0/s1. The molecular formula is C28H25N3O6S. The lowest BCUT2D eigenvalue weighted by atomic mass is 9.91. The molecule has 2 fully saturated rings. The molecule has 2 amide bonds. The number of carbonyl (C=O) groups is 3. The van der Waals surface area contributed by atoms with E-state index in [1.54, 1.807) is 60.7 Å². The van der Waals surface area contributed by atoms with Gasteiger partial charge < -0.3 is 15.4 Å². The van der Waals surface area contributed by atoms with Crippen LogP contribution in [0.3, 0.4) is 0 Å². The summed E-state index contributed by atoms with van der Waals surface area (Å²) >= 11 is 0. The SMILES string of the molecule is CC1(C)[C@H](C(=O)OC(c2ccccc2)c2ccccc2)N2C(=O)/C(=C(\C(N)=O)c3ccccn3)C2S1(=O)=O. The first-order valence-electron chi connectivity index (χ1n) is 11.9. The number of ether oxygens (including phenoxy) is 1. The number of sulfone groups is 1. The van der Waals surface area contributed by atoms with Crippen molar-refractivity contribution in [2.24, 2.45) is 5.73 Å². The summed E-state index contributed by atoms with van der Waals surface area (Å²) in [5.74, 6) is -2.63. The van der Waals surface area contributed by atoms with Crippen LogP contribution in [0, 0.1) is 0 Å². The van der Waals surface area contributed by atoms with Crippen molar-refractivity contribution < 1.29 is 27.5 Å². The summed E-state index contributed by atoms with van der Waals surface area (Å²) in [6, 6.07) is 21.3. The number of carbonyl (C=O) groups excluding carboxylic acids is 3. The molecule has 38 heavy (non-hydrogen) atoms. The fourth-order valence-corrected chi connectivity index (χ4v) is 7.20. The van der Waals surface area contributed by atoms with Gasteiger partial charge in [-0.1, -0.05) is 66.7 Å². The summed E-state index contributed by atoms with van der Waals surface area (Å²) in [6.45, 7) is 2.75. The molecule has 10 heteroatoms. The van der Waals surface area contributed by atoms with Gasteiger partial charge in [0.2, 0.25) is 0 Å². The van der Waals surface area contributed by atoms with Gasteiger partial charge in [0, 0.05) is 6.20 Å². The van der Waals surface area contributed by atoms with Crippen LogP contribution in [0.4, 0.5) is 0 Å². The lowest BCUT2D eigenvalue weighted by Gasteiger charge is -2.39. The zero-order valence-electron chi connectivity index (χ0n) is 20.6. The molecular weight excluding hydrogens is 506 g/mol. The maximum absolute atomic E-state index is 13.7. The first-order chi connectivity index (χ1) is 18.1. The van der Waals surface area contributed by atoms with Crippen molar-refractivity contribution >= 4 is 33.2 Å². The number of benzene rings is 2. The van der Waals surface area contributed by atoms with Crippen LogP contribution in [0.2, 0.25) is 0 Å². The van der Waals surface area contributed by atoms with E-state index >= 15 is 0 Å². The highest BCUT2D eigenvalue weighted by Crippen LogP contribution is 2.50. The Balaban J connectivity index is 1.57. The molecule has 0 aliphatic carbocycles. The lowest BCUT2D eigenvalue weighted by molar-refractivity contribution is -0.160. The van der Waals surface area contributed by atoms with Gasteiger partial charge in [-0.25, -0.2) is 13.2 Å². The van der Waals surface area contributed by atoms with E-state index in [-0.39, 0.29) is 16.8 Å². The number of nitrogens with zero attached hydrogens (tertiary/aromatic N) is 2. The van der Waals surface area contributed by atoms with Crippen LogP contribution >= 0.6 is 0 Å². The Kier molecular flexibility index (Phi) is 6.15. The highest BCUT2D eigenvalue weighted by Gasteiger charge is 2.71. The molecule has 0 radical (unpaired) electrons. The summed E-state index contributed by atoms with van der Waals surface area (Å²) in [5, 5.41) is -1.53. The Morgan fingerprint density at radius 2 is 1.50 bits per heavy atom. The van der Waals surface area contributed by atoms with Crippen LogP contribution in [-0.2, 0) is 29.0 Å². The normalized spacial score (nSPS) is 22.4. The Bertz CT molecular complexity index is 1510. The molecule has 2 N–H and O–H groups in total. The number of aromatic nitrogens is 1. The maximum atomic E-state index is 13.7. The first-order valence-corrected chi connectivity index (χ1v) is 13.4. The van der Waals surface area contributed by atoms with Crippen LogP contribution in [0.15, 0.2) is 90.6 Å². The number of rotatable bonds is 6. The molecule has 2 saturated heterocycles. The van der Waals surface area contributed by atoms with Crippen LogP contribution in [0.1, 0.15) is 36.8 Å². The number of pyridine rings is 1. The quantitative estimate of drug-likeness (QED) is 0.293. The van der Waals surface area contributed by atoms with E-state index < -0.39 is 49.9 Å². The second kappa shape index (κ2) is 9.21. The van der Waals surface area contributed by atoms with Gasteiger partial charge in [-0.15, -0.1) is 0 Å². The van der Waals surface area contributed by atoms with Crippen molar-refractivity contribution in [1.82, 2.24) is 9.88 Å². The molecule has 3 heterocycles. The molecule has 2 atom stereocenters. The van der Waals surface area contributed by atoms with Gasteiger partial charge in [0.05, 0.1) is 16.8 Å². The molecule has 194 valence electrons. The minimum absolute atomic E-state index is 0.0789. The van der Waals surface area contributed by atoms with Crippen LogP contribution in [0.25, 0.3) is 5.57 Å². The van der Waals surface area contributed by atoms with Crippen molar-refractivity contribution in [3.8, 4) is 0 Å². The number of fused-ring (bicyclic) bond motifs is 1. The summed E-state index contributed by atoms with van der Waals surface area (Å²) in [7, 11) is -4.18. The first kappa shape index (κ1) is 25.3. The van der Waals surface area contributed by atoms with Crippen LogP contribution in [-0.4, -0.2) is 52.2 Å². The predicted octanol–water partition coefficient (Wildman–Crippen LogP) is 2.40. The minimum atomic E-state index is -4.18. The van der Waals surface area contributed by atoms with Crippen molar-refractivity contribution in [3.05, 3.63) is 107 Å². The average molecular weight is 532 g/mol. The highest BCUT2D eigenvalue weighted by molar-refractivity contribution is 7.94. The molecule has 9 nitrogen and oxygen atoms in total. The van der Waals surface area contributed by atoms with Gasteiger partial charge in [0.1, 0.15) is 4.75 Å². The molecule has 2 aliphatic rings. The monoisotopic (exact) mass is 531 g/mol. The van der Waals surface area contributed by atoms with Crippen LogP contribution in [0.5, 0.6) is 0 Å². The van der Waals surface area contributed by atoms with Gasteiger partial charge in [-0.2, -0.15) is 0 Å². The van der Waals surface area contributed by atoms with Gasteiger partial charge >= 0.3 is 5.97 Å². The number of primary amides is 1. The molecule has 0 bridgehead atoms. The Hall–Kier alpha value is -4.31. The molecule has 3 aromatic rings. The number of amides is 2. The van der Waals surface area contributed by atoms with E-state index in [2.05, 4.69) is 4.98 Å². The minimum Gasteiger partial charge on any atom is -0.451 e. The largest absolute Gasteiger partial charge is 0.451 e. The number of nitrogens with two attached hydrogens (primary N) is 1. The fourth-order valence-electron chi connectivity index (χ4n) is 5.06. The molecule has 0 saturated carbocycles. The Labute approximate surface area is 219 Å². The van der Waals surface area contributed by atoms with Crippen molar-refractivity contribution in [3.63, 3.8) is 0 Å². The molecule has 2 aromatic carbocycles. The zero-order valence-corrected chi connectivity index (χ0v) is 21.5. The number of β-lactam (4-membered cyclic amide) rings is 1. The summed E-state index contributed by atoms with van der Waals surface area (Å²) in [4.78, 5) is 44.6. The van der Waals surface area contributed by atoms with Gasteiger partial charge in [-0.05, 0) is 37.1 Å². The third-order valence-corrected chi connectivity index (χ3v) is 9.77. The Morgan fingerprint density at radius 1 is 0.947 bits per heavy atom. The van der Waals surface area contributed by atoms with Crippen LogP contribution < -0.4 is 5.73 Å². The fraction of sp³-hybridized carbons (Fsp3) is 0.214. The average Bonchev–Trinajstić information content (AvgIpc) is 3.05. The van der Waals surface area contributed by atoms with E-state index in [1.165, 1.54) is 26.1 Å². The highest BCUT2D eigenvalue weighted by atomic mass is 32.2. The second-order valence-electron chi connectivity index (χ2n) is 9.62. The van der Waals surface area contributed by atoms with Gasteiger partial charge in [0.15, 0.2) is 27.4 Å². The van der Waals surface area contributed by atoms with Crippen molar-refractivity contribution in [2.45, 2.75) is 36.1 Å². The number of hydrogen-bond acceptors (Lipinski definition) is 7. The van der Waals surface area contributed by atoms with Gasteiger partial charge in [0.25, 0.3) is 11.8 Å². The summed E-state index contributed by atoms with van der Waals surface area (Å²) < 4.78 is 31.7. The third-order valence-electron chi connectivity index (χ3n) is 7.03. The number of hydrogen-bond donors (Lipinski definition) is 1. The second-order valence-corrected chi connectivity index (χ2v) is 12.2. The van der Waals surface area contributed by atoms with E-state index in [4.69, 9.17) is 10.5 Å². The van der Waals surface area contributed by atoms with E-state index in [1.807, 2.05) is 12.1 Å². The smallest absolute Gasteiger partial charge is 0.331 e. The number of esters is 1. The zero-order chi connectivity index (χ0) is 27.2. The van der Waals surface area contributed by atoms with Crippen molar-refractivity contribution in [2.75, 3.05) is 0 Å². The predicted molar refractivity (Wildman–Crippen MR) is 139 cm³/mol. The van der Waals surface area contributed by atoms with Gasteiger partial charge in [-0.3, -0.25) is 14.6 Å².